The number of hydrogen-bond acceptors (Lipinski definition) is 3. The highest BCUT2D eigenvalue weighted by atomic mass is 35.5. The first-order chi connectivity index (χ1) is 10.7. The van der Waals surface area contributed by atoms with E-state index in [1.807, 2.05) is 30.3 Å². The SMILES string of the molecule is O=C(Nc1ccccn1)N[C@@H]1CCO[C@@H]1c1ccc(Cl)cc1. The molecule has 22 heavy (non-hydrogen) atoms. The van der Waals surface area contributed by atoms with Crippen molar-refractivity contribution in [3.8, 4) is 0 Å². The molecule has 0 unspecified atom stereocenters. The molecule has 5 nitrogen and oxygen atoms in total. The third kappa shape index (κ3) is 3.55. The van der Waals surface area contributed by atoms with E-state index in [0.29, 0.717) is 17.4 Å². The Bertz CT molecular complexity index is 634. The number of benzene rings is 1. The molecule has 0 saturated carbocycles. The summed E-state index contributed by atoms with van der Waals surface area (Å²) in [6.45, 7) is 0.613. The Labute approximate surface area is 133 Å². The summed E-state index contributed by atoms with van der Waals surface area (Å²) < 4.78 is 5.74. The van der Waals surface area contributed by atoms with E-state index in [2.05, 4.69) is 15.6 Å². The lowest BCUT2D eigenvalue weighted by atomic mass is 10.0. The minimum atomic E-state index is -0.284. The van der Waals surface area contributed by atoms with Gasteiger partial charge in [-0.05, 0) is 36.2 Å². The Morgan fingerprint density at radius 3 is 2.77 bits per heavy atom. The molecule has 2 atom stereocenters. The van der Waals surface area contributed by atoms with Crippen molar-refractivity contribution in [2.75, 3.05) is 11.9 Å². The van der Waals surface area contributed by atoms with Crippen molar-refractivity contribution in [1.29, 1.82) is 0 Å². The van der Waals surface area contributed by atoms with Crippen LogP contribution in [0.2, 0.25) is 5.02 Å². The normalized spacial score (nSPS) is 20.6. The molecule has 0 spiro atoms. The van der Waals surface area contributed by atoms with E-state index in [1.165, 1.54) is 0 Å². The minimum Gasteiger partial charge on any atom is -0.371 e. The summed E-state index contributed by atoms with van der Waals surface area (Å²) in [6.07, 6.45) is 2.24. The van der Waals surface area contributed by atoms with Crippen molar-refractivity contribution in [2.24, 2.45) is 0 Å². The van der Waals surface area contributed by atoms with Gasteiger partial charge >= 0.3 is 6.03 Å². The second kappa shape index (κ2) is 6.77. The fraction of sp³-hybridized carbons (Fsp3) is 0.250. The largest absolute Gasteiger partial charge is 0.371 e. The monoisotopic (exact) mass is 317 g/mol. The summed E-state index contributed by atoms with van der Waals surface area (Å²) in [4.78, 5) is 16.1. The zero-order valence-electron chi connectivity index (χ0n) is 11.8. The van der Waals surface area contributed by atoms with E-state index in [4.69, 9.17) is 16.3 Å². The van der Waals surface area contributed by atoms with E-state index in [1.54, 1.807) is 18.3 Å². The summed E-state index contributed by atoms with van der Waals surface area (Å²) in [5.74, 6) is 0.516. The molecule has 114 valence electrons. The van der Waals surface area contributed by atoms with Gasteiger partial charge in [-0.25, -0.2) is 9.78 Å². The van der Waals surface area contributed by atoms with Crippen molar-refractivity contribution in [1.82, 2.24) is 10.3 Å². The van der Waals surface area contributed by atoms with E-state index < -0.39 is 0 Å². The molecular weight excluding hydrogens is 302 g/mol. The molecule has 1 aliphatic heterocycles. The number of hydrogen-bond donors (Lipinski definition) is 2. The van der Waals surface area contributed by atoms with E-state index in [-0.39, 0.29) is 18.2 Å². The highest BCUT2D eigenvalue weighted by Crippen LogP contribution is 2.29. The Kier molecular flexibility index (Phi) is 4.56. The van der Waals surface area contributed by atoms with Crippen LogP contribution >= 0.6 is 11.6 Å². The van der Waals surface area contributed by atoms with Crippen molar-refractivity contribution in [3.63, 3.8) is 0 Å². The predicted molar refractivity (Wildman–Crippen MR) is 84.9 cm³/mol. The van der Waals surface area contributed by atoms with Crippen LogP contribution in [-0.4, -0.2) is 23.7 Å². The Balaban J connectivity index is 1.63. The molecule has 2 N–H and O–H groups in total. The molecule has 0 radical (unpaired) electrons. The maximum absolute atomic E-state index is 12.1. The van der Waals surface area contributed by atoms with Crippen molar-refractivity contribution < 1.29 is 9.53 Å². The molecule has 2 heterocycles. The predicted octanol–water partition coefficient (Wildman–Crippen LogP) is 3.39. The maximum atomic E-state index is 12.1. The number of aromatic nitrogens is 1. The zero-order chi connectivity index (χ0) is 15.4. The van der Waals surface area contributed by atoms with Gasteiger partial charge in [-0.2, -0.15) is 0 Å². The second-order valence-corrected chi connectivity index (χ2v) is 5.49. The molecular formula is C16H16ClN3O2. The molecule has 1 aliphatic rings. The number of urea groups is 1. The van der Waals surface area contributed by atoms with Crippen LogP contribution in [0.3, 0.4) is 0 Å². The first kappa shape index (κ1) is 14.8. The van der Waals surface area contributed by atoms with E-state index >= 15 is 0 Å². The number of anilines is 1. The average Bonchev–Trinajstić information content (AvgIpc) is 2.97. The number of carbonyl (C=O) groups excluding carboxylic acids is 1. The maximum Gasteiger partial charge on any atom is 0.320 e. The number of nitrogens with zero attached hydrogens (tertiary/aromatic N) is 1. The van der Waals surface area contributed by atoms with Crippen LogP contribution in [0.25, 0.3) is 0 Å². The van der Waals surface area contributed by atoms with Crippen molar-refractivity contribution >= 4 is 23.4 Å². The molecule has 2 amide bonds. The van der Waals surface area contributed by atoms with Gasteiger partial charge in [-0.15, -0.1) is 0 Å². The summed E-state index contributed by atoms with van der Waals surface area (Å²) in [6, 6.07) is 12.5. The number of carbonyl (C=O) groups is 1. The van der Waals surface area contributed by atoms with Gasteiger partial charge in [0.15, 0.2) is 0 Å². The molecule has 1 aromatic heterocycles. The van der Waals surface area contributed by atoms with Crippen LogP contribution in [0.15, 0.2) is 48.7 Å². The van der Waals surface area contributed by atoms with Crippen LogP contribution in [-0.2, 0) is 4.74 Å². The molecule has 2 aromatic rings. The van der Waals surface area contributed by atoms with Gasteiger partial charge in [0.25, 0.3) is 0 Å². The first-order valence-electron chi connectivity index (χ1n) is 7.08. The van der Waals surface area contributed by atoms with Gasteiger partial charge < -0.3 is 10.1 Å². The lowest BCUT2D eigenvalue weighted by Gasteiger charge is -2.20. The van der Waals surface area contributed by atoms with Gasteiger partial charge in [-0.1, -0.05) is 29.8 Å². The Hall–Kier alpha value is -2.11. The van der Waals surface area contributed by atoms with Crippen LogP contribution in [0, 0.1) is 0 Å². The summed E-state index contributed by atoms with van der Waals surface area (Å²) in [5.41, 5.74) is 1.00. The van der Waals surface area contributed by atoms with Crippen LogP contribution < -0.4 is 10.6 Å². The number of rotatable bonds is 3. The minimum absolute atomic E-state index is 0.0788. The lowest BCUT2D eigenvalue weighted by molar-refractivity contribution is 0.100. The Morgan fingerprint density at radius 2 is 2.05 bits per heavy atom. The van der Waals surface area contributed by atoms with E-state index in [9.17, 15) is 4.79 Å². The number of amides is 2. The van der Waals surface area contributed by atoms with Crippen LogP contribution in [0.5, 0.6) is 0 Å². The third-order valence-corrected chi connectivity index (χ3v) is 3.77. The fourth-order valence-electron chi connectivity index (χ4n) is 2.48. The number of ether oxygens (including phenoxy) is 1. The van der Waals surface area contributed by atoms with Crippen LogP contribution in [0.4, 0.5) is 10.6 Å². The van der Waals surface area contributed by atoms with Crippen LogP contribution in [0.1, 0.15) is 18.1 Å². The smallest absolute Gasteiger partial charge is 0.320 e. The molecule has 6 heteroatoms. The molecule has 1 aromatic carbocycles. The van der Waals surface area contributed by atoms with Gasteiger partial charge in [0.05, 0.1) is 6.04 Å². The highest BCUT2D eigenvalue weighted by molar-refractivity contribution is 6.30. The summed E-state index contributed by atoms with van der Waals surface area (Å²) in [7, 11) is 0. The van der Waals surface area contributed by atoms with Crippen molar-refractivity contribution in [2.45, 2.75) is 18.6 Å². The topological polar surface area (TPSA) is 63.2 Å². The fourth-order valence-corrected chi connectivity index (χ4v) is 2.60. The third-order valence-electron chi connectivity index (χ3n) is 3.51. The van der Waals surface area contributed by atoms with Gasteiger partial charge in [0, 0.05) is 17.8 Å². The average molecular weight is 318 g/mol. The second-order valence-electron chi connectivity index (χ2n) is 5.05. The zero-order valence-corrected chi connectivity index (χ0v) is 12.6. The summed E-state index contributed by atoms with van der Waals surface area (Å²) in [5, 5.41) is 6.33. The van der Waals surface area contributed by atoms with Gasteiger partial charge in [-0.3, -0.25) is 5.32 Å². The highest BCUT2D eigenvalue weighted by Gasteiger charge is 2.30. The quantitative estimate of drug-likeness (QED) is 0.912. The first-order valence-corrected chi connectivity index (χ1v) is 7.46. The van der Waals surface area contributed by atoms with Gasteiger partial charge in [0.1, 0.15) is 11.9 Å². The standard InChI is InChI=1S/C16H16ClN3O2/c17-12-6-4-11(5-7-12)15-13(8-10-22-15)19-16(21)20-14-3-1-2-9-18-14/h1-7,9,13,15H,8,10H2,(H2,18,19,20,21)/t13-,15-/m1/s1. The van der Waals surface area contributed by atoms with Crippen molar-refractivity contribution in [3.05, 3.63) is 59.2 Å². The molecule has 0 aliphatic carbocycles. The molecule has 1 fully saturated rings. The molecule has 3 rings (SSSR count). The number of halogens is 1. The summed E-state index contributed by atoms with van der Waals surface area (Å²) >= 11 is 5.90. The lowest BCUT2D eigenvalue weighted by Crippen LogP contribution is -2.39. The Morgan fingerprint density at radius 1 is 1.23 bits per heavy atom. The molecule has 0 bridgehead atoms. The van der Waals surface area contributed by atoms with Gasteiger partial charge in [0.2, 0.25) is 0 Å². The number of pyridine rings is 1. The number of nitrogens with one attached hydrogen (secondary N) is 2. The van der Waals surface area contributed by atoms with E-state index in [0.717, 1.165) is 12.0 Å². The molecule has 1 saturated heterocycles.